The van der Waals surface area contributed by atoms with Crippen LogP contribution < -0.4 is 10.5 Å². The zero-order chi connectivity index (χ0) is 9.84. The van der Waals surface area contributed by atoms with Gasteiger partial charge in [-0.25, -0.2) is 4.79 Å². The fourth-order valence-electron chi connectivity index (χ4n) is 0.809. The molecule has 0 aliphatic carbocycles. The quantitative estimate of drug-likeness (QED) is 0.633. The standard InChI is InChI=1S/C8H12N2O3/c1-5(9)4-13-6-2-7(8(11)12)10-3-6/h2-3,5,10H,4,9H2,1H3,(H,11,12). The number of nitrogens with one attached hydrogen (secondary N) is 1. The molecule has 0 saturated heterocycles. The van der Waals surface area contributed by atoms with Crippen LogP contribution in [0.3, 0.4) is 0 Å². The molecule has 13 heavy (non-hydrogen) atoms. The maximum atomic E-state index is 10.4. The number of H-pyrrole nitrogens is 1. The van der Waals surface area contributed by atoms with Crippen LogP contribution in [0.1, 0.15) is 17.4 Å². The highest BCUT2D eigenvalue weighted by Crippen LogP contribution is 2.12. The second-order valence-corrected chi connectivity index (χ2v) is 2.84. The van der Waals surface area contributed by atoms with E-state index in [1.54, 1.807) is 0 Å². The summed E-state index contributed by atoms with van der Waals surface area (Å²) in [6.07, 6.45) is 1.49. The molecule has 0 amide bonds. The van der Waals surface area contributed by atoms with Gasteiger partial charge in [0.05, 0.1) is 0 Å². The maximum absolute atomic E-state index is 10.4. The summed E-state index contributed by atoms with van der Waals surface area (Å²) >= 11 is 0. The minimum Gasteiger partial charge on any atom is -0.490 e. The molecule has 0 bridgehead atoms. The van der Waals surface area contributed by atoms with Crippen LogP contribution >= 0.6 is 0 Å². The third kappa shape index (κ3) is 2.79. The van der Waals surface area contributed by atoms with Gasteiger partial charge in [-0.3, -0.25) is 0 Å². The fourth-order valence-corrected chi connectivity index (χ4v) is 0.809. The molecule has 0 aromatic carbocycles. The van der Waals surface area contributed by atoms with Gasteiger partial charge < -0.3 is 20.6 Å². The van der Waals surface area contributed by atoms with Crippen molar-refractivity contribution in [1.82, 2.24) is 4.98 Å². The first-order chi connectivity index (χ1) is 6.09. The van der Waals surface area contributed by atoms with Gasteiger partial charge >= 0.3 is 5.97 Å². The van der Waals surface area contributed by atoms with Gasteiger partial charge in [0, 0.05) is 18.3 Å². The number of carboxylic acids is 1. The zero-order valence-corrected chi connectivity index (χ0v) is 7.28. The molecule has 1 unspecified atom stereocenters. The Hall–Kier alpha value is -1.49. The van der Waals surface area contributed by atoms with Crippen LogP contribution in [-0.2, 0) is 0 Å². The van der Waals surface area contributed by atoms with E-state index in [0.29, 0.717) is 12.4 Å². The summed E-state index contributed by atoms with van der Waals surface area (Å²) in [5.41, 5.74) is 5.57. The van der Waals surface area contributed by atoms with Crippen LogP contribution in [0.25, 0.3) is 0 Å². The van der Waals surface area contributed by atoms with Crippen molar-refractivity contribution >= 4 is 5.97 Å². The lowest BCUT2D eigenvalue weighted by molar-refractivity contribution is 0.0691. The van der Waals surface area contributed by atoms with Crippen molar-refractivity contribution < 1.29 is 14.6 Å². The molecule has 0 fully saturated rings. The third-order valence-corrected chi connectivity index (χ3v) is 1.40. The summed E-state index contributed by atoms with van der Waals surface area (Å²) in [7, 11) is 0. The Kier molecular flexibility index (Phi) is 2.92. The molecule has 1 rings (SSSR count). The van der Waals surface area contributed by atoms with Gasteiger partial charge in [-0.05, 0) is 6.92 Å². The summed E-state index contributed by atoms with van der Waals surface area (Å²) < 4.78 is 5.18. The average Bonchev–Trinajstić information content (AvgIpc) is 2.48. The minimum atomic E-state index is -1.00. The molecule has 1 aromatic rings. The Labute approximate surface area is 75.5 Å². The van der Waals surface area contributed by atoms with Crippen LogP contribution in [0.2, 0.25) is 0 Å². The summed E-state index contributed by atoms with van der Waals surface area (Å²) in [6, 6.07) is 1.35. The summed E-state index contributed by atoms with van der Waals surface area (Å²) in [4.78, 5) is 13.0. The molecule has 0 spiro atoms. The number of ether oxygens (including phenoxy) is 1. The van der Waals surface area contributed by atoms with Crippen LogP contribution in [0.4, 0.5) is 0 Å². The van der Waals surface area contributed by atoms with Gasteiger partial charge in [0.1, 0.15) is 18.1 Å². The van der Waals surface area contributed by atoms with Crippen LogP contribution in [-0.4, -0.2) is 28.7 Å². The molecule has 0 aliphatic rings. The molecule has 0 saturated carbocycles. The third-order valence-electron chi connectivity index (χ3n) is 1.40. The highest BCUT2D eigenvalue weighted by molar-refractivity contribution is 5.85. The lowest BCUT2D eigenvalue weighted by Crippen LogP contribution is -2.23. The van der Waals surface area contributed by atoms with E-state index in [2.05, 4.69) is 4.98 Å². The van der Waals surface area contributed by atoms with Crippen LogP contribution in [0.5, 0.6) is 5.75 Å². The number of hydrogen-bond donors (Lipinski definition) is 3. The number of aromatic nitrogens is 1. The van der Waals surface area contributed by atoms with Crippen LogP contribution in [0, 0.1) is 0 Å². The van der Waals surface area contributed by atoms with E-state index in [1.165, 1.54) is 12.3 Å². The molecule has 72 valence electrons. The first-order valence-corrected chi connectivity index (χ1v) is 3.89. The second kappa shape index (κ2) is 3.95. The summed E-state index contributed by atoms with van der Waals surface area (Å²) in [5.74, 6) is -0.509. The van der Waals surface area contributed by atoms with E-state index >= 15 is 0 Å². The van der Waals surface area contributed by atoms with Crippen molar-refractivity contribution in [2.75, 3.05) is 6.61 Å². The van der Waals surface area contributed by atoms with Gasteiger partial charge in [-0.1, -0.05) is 0 Å². The molecule has 0 aliphatic heterocycles. The second-order valence-electron chi connectivity index (χ2n) is 2.84. The van der Waals surface area contributed by atoms with Crippen molar-refractivity contribution in [2.24, 2.45) is 5.73 Å². The van der Waals surface area contributed by atoms with Crippen molar-refractivity contribution in [3.63, 3.8) is 0 Å². The van der Waals surface area contributed by atoms with Gasteiger partial charge in [0.15, 0.2) is 0 Å². The fraction of sp³-hybridized carbons (Fsp3) is 0.375. The van der Waals surface area contributed by atoms with Gasteiger partial charge in [-0.15, -0.1) is 0 Å². The van der Waals surface area contributed by atoms with Gasteiger partial charge in [0.25, 0.3) is 0 Å². The van der Waals surface area contributed by atoms with E-state index in [4.69, 9.17) is 15.6 Å². The monoisotopic (exact) mass is 184 g/mol. The number of aromatic carboxylic acids is 1. The number of hydrogen-bond acceptors (Lipinski definition) is 3. The van der Waals surface area contributed by atoms with E-state index in [-0.39, 0.29) is 11.7 Å². The number of carbonyl (C=O) groups is 1. The van der Waals surface area contributed by atoms with Gasteiger partial charge in [-0.2, -0.15) is 0 Å². The lowest BCUT2D eigenvalue weighted by Gasteiger charge is -2.05. The highest BCUT2D eigenvalue weighted by atomic mass is 16.5. The highest BCUT2D eigenvalue weighted by Gasteiger charge is 2.06. The smallest absolute Gasteiger partial charge is 0.352 e. The SMILES string of the molecule is CC(N)COc1c[nH]c(C(=O)O)c1. The topological polar surface area (TPSA) is 88.3 Å². The van der Waals surface area contributed by atoms with Crippen molar-refractivity contribution in [1.29, 1.82) is 0 Å². The Balaban J connectivity index is 2.54. The Morgan fingerprint density at radius 1 is 1.85 bits per heavy atom. The Morgan fingerprint density at radius 3 is 3.00 bits per heavy atom. The zero-order valence-electron chi connectivity index (χ0n) is 7.28. The number of rotatable bonds is 4. The lowest BCUT2D eigenvalue weighted by atomic mass is 10.4. The molecule has 0 radical (unpaired) electrons. The first-order valence-electron chi connectivity index (χ1n) is 3.89. The van der Waals surface area contributed by atoms with Crippen molar-refractivity contribution in [3.05, 3.63) is 18.0 Å². The number of carboxylic acid groups (broad SMARTS) is 1. The van der Waals surface area contributed by atoms with E-state index in [9.17, 15) is 4.79 Å². The van der Waals surface area contributed by atoms with Crippen molar-refractivity contribution in [2.45, 2.75) is 13.0 Å². The molecule has 1 atom stereocenters. The average molecular weight is 184 g/mol. The number of nitrogens with two attached hydrogens (primary N) is 1. The molecule has 5 nitrogen and oxygen atoms in total. The predicted octanol–water partition coefficient (Wildman–Crippen LogP) is 0.439. The Morgan fingerprint density at radius 2 is 2.54 bits per heavy atom. The summed E-state index contributed by atoms with van der Waals surface area (Å²) in [5, 5.41) is 8.56. The Bertz CT molecular complexity index is 293. The molecular weight excluding hydrogens is 172 g/mol. The molecule has 1 heterocycles. The van der Waals surface area contributed by atoms with Gasteiger partial charge in [0.2, 0.25) is 0 Å². The van der Waals surface area contributed by atoms with E-state index < -0.39 is 5.97 Å². The van der Waals surface area contributed by atoms with E-state index in [0.717, 1.165) is 0 Å². The van der Waals surface area contributed by atoms with Crippen molar-refractivity contribution in [3.8, 4) is 5.75 Å². The largest absolute Gasteiger partial charge is 0.490 e. The molecule has 4 N–H and O–H groups in total. The van der Waals surface area contributed by atoms with E-state index in [1.807, 2.05) is 6.92 Å². The first kappa shape index (κ1) is 9.60. The molecule has 1 aromatic heterocycles. The normalized spacial score (nSPS) is 12.5. The minimum absolute atomic E-state index is 0.0665. The number of aromatic amines is 1. The predicted molar refractivity (Wildman–Crippen MR) is 46.9 cm³/mol. The maximum Gasteiger partial charge on any atom is 0.352 e. The van der Waals surface area contributed by atoms with Crippen LogP contribution in [0.15, 0.2) is 12.3 Å². The summed E-state index contributed by atoms with van der Waals surface area (Å²) in [6.45, 7) is 2.18. The molecule has 5 heteroatoms. The molecular formula is C8H12N2O3.